The van der Waals surface area contributed by atoms with Crippen LogP contribution >= 0.6 is 11.8 Å². The van der Waals surface area contributed by atoms with Gasteiger partial charge < -0.3 is 15.4 Å². The summed E-state index contributed by atoms with van der Waals surface area (Å²) < 4.78 is 55.8. The minimum absolute atomic E-state index is 0.0124. The molecule has 178 valence electrons. The lowest BCUT2D eigenvalue weighted by atomic mass is 10.0. The molecule has 0 aliphatic carbocycles. The Morgan fingerprint density at radius 1 is 1.21 bits per heavy atom. The molecule has 0 saturated heterocycles. The van der Waals surface area contributed by atoms with Crippen molar-refractivity contribution >= 4 is 29.1 Å². The molecule has 2 N–H and O–H groups in total. The molecule has 0 saturated carbocycles. The highest BCUT2D eigenvalue weighted by Crippen LogP contribution is 2.37. The van der Waals surface area contributed by atoms with Crippen LogP contribution in [0.5, 0.6) is 5.75 Å². The number of thioether (sulfide) groups is 1. The van der Waals surface area contributed by atoms with Gasteiger partial charge in [-0.1, -0.05) is 31.9 Å². The van der Waals surface area contributed by atoms with Crippen LogP contribution in [0, 0.1) is 5.82 Å². The zero-order valence-electron chi connectivity index (χ0n) is 18.0. The molecule has 3 rings (SSSR count). The number of nitrogens with two attached hydrogens (primary N) is 1. The van der Waals surface area contributed by atoms with Gasteiger partial charge in [-0.15, -0.1) is 24.9 Å². The standard InChI is InChI=1S/C23H24F4N2O3S/c1-2-3-4-5-20(30)16-10-19-21(11-17(16)24)33-13-18(28)22(31)29(19)12-14-6-8-15(9-7-14)32-23(25,26)27/h6-11,18H,2-5,12-13,28H2,1H3/t18-/m0/s1. The van der Waals surface area contributed by atoms with Crippen LogP contribution in [0.2, 0.25) is 0 Å². The molecule has 10 heteroatoms. The number of Topliss-reactive ketones (excluding diaryl/α,β-unsaturated/α-hetero) is 1. The number of alkyl halides is 3. The number of unbranched alkanes of at least 4 members (excludes halogenated alkanes) is 2. The number of nitrogens with zero attached hydrogens (tertiary/aromatic N) is 1. The lowest BCUT2D eigenvalue weighted by Crippen LogP contribution is -2.44. The van der Waals surface area contributed by atoms with Crippen molar-refractivity contribution in [2.24, 2.45) is 5.73 Å². The van der Waals surface area contributed by atoms with Gasteiger partial charge in [0.2, 0.25) is 5.91 Å². The number of hydrogen-bond acceptors (Lipinski definition) is 5. The molecule has 0 unspecified atom stereocenters. The van der Waals surface area contributed by atoms with E-state index in [9.17, 15) is 27.2 Å². The van der Waals surface area contributed by atoms with Crippen LogP contribution in [0.1, 0.15) is 48.5 Å². The monoisotopic (exact) mass is 484 g/mol. The molecule has 1 amide bonds. The van der Waals surface area contributed by atoms with E-state index in [0.29, 0.717) is 22.6 Å². The van der Waals surface area contributed by atoms with Crippen molar-refractivity contribution in [3.63, 3.8) is 0 Å². The summed E-state index contributed by atoms with van der Waals surface area (Å²) in [5, 5.41) is 0. The normalized spacial score (nSPS) is 16.4. The Morgan fingerprint density at radius 2 is 1.91 bits per heavy atom. The van der Waals surface area contributed by atoms with Crippen LogP contribution in [0.25, 0.3) is 0 Å². The molecule has 1 atom stereocenters. The Hall–Kier alpha value is -2.59. The molecule has 2 aromatic carbocycles. The van der Waals surface area contributed by atoms with Gasteiger partial charge in [-0.2, -0.15) is 0 Å². The number of ketones is 1. The summed E-state index contributed by atoms with van der Waals surface area (Å²) in [6.07, 6.45) is -2.20. The summed E-state index contributed by atoms with van der Waals surface area (Å²) in [5.41, 5.74) is 6.78. The van der Waals surface area contributed by atoms with E-state index in [1.54, 1.807) is 0 Å². The number of rotatable bonds is 8. The van der Waals surface area contributed by atoms with Crippen molar-refractivity contribution in [2.45, 2.75) is 56.5 Å². The fourth-order valence-electron chi connectivity index (χ4n) is 3.47. The predicted octanol–water partition coefficient (Wildman–Crippen LogP) is 5.45. The van der Waals surface area contributed by atoms with Crippen LogP contribution in [0.15, 0.2) is 41.3 Å². The quantitative estimate of drug-likeness (QED) is 0.306. The van der Waals surface area contributed by atoms with E-state index in [1.807, 2.05) is 6.92 Å². The van der Waals surface area contributed by atoms with Crippen molar-refractivity contribution in [1.82, 2.24) is 0 Å². The van der Waals surface area contributed by atoms with Crippen molar-refractivity contribution in [3.8, 4) is 5.75 Å². The lowest BCUT2D eigenvalue weighted by molar-refractivity contribution is -0.274. The van der Waals surface area contributed by atoms with Gasteiger partial charge >= 0.3 is 6.36 Å². The summed E-state index contributed by atoms with van der Waals surface area (Å²) in [6, 6.07) is 6.86. The molecular weight excluding hydrogens is 460 g/mol. The highest BCUT2D eigenvalue weighted by molar-refractivity contribution is 7.99. The van der Waals surface area contributed by atoms with E-state index in [4.69, 9.17) is 5.73 Å². The Morgan fingerprint density at radius 3 is 2.55 bits per heavy atom. The first kappa shape index (κ1) is 25.0. The second kappa shape index (κ2) is 10.6. The van der Waals surface area contributed by atoms with Crippen molar-refractivity contribution in [2.75, 3.05) is 10.7 Å². The molecule has 5 nitrogen and oxygen atoms in total. The largest absolute Gasteiger partial charge is 0.573 e. The third-order valence-electron chi connectivity index (χ3n) is 5.15. The zero-order valence-corrected chi connectivity index (χ0v) is 18.8. The van der Waals surface area contributed by atoms with Crippen LogP contribution in [-0.4, -0.2) is 29.8 Å². The molecule has 33 heavy (non-hydrogen) atoms. The van der Waals surface area contributed by atoms with E-state index in [1.165, 1.54) is 40.9 Å². The number of carbonyl (C=O) groups is 2. The highest BCUT2D eigenvalue weighted by Gasteiger charge is 2.32. The van der Waals surface area contributed by atoms with E-state index in [0.717, 1.165) is 25.0 Å². The number of benzene rings is 2. The Bertz CT molecular complexity index is 1010. The number of halogens is 4. The molecule has 0 aromatic heterocycles. The summed E-state index contributed by atoms with van der Waals surface area (Å²) in [5.74, 6) is -1.58. The summed E-state index contributed by atoms with van der Waals surface area (Å²) >= 11 is 1.22. The first-order valence-electron chi connectivity index (χ1n) is 10.5. The van der Waals surface area contributed by atoms with Crippen LogP contribution < -0.4 is 15.4 Å². The minimum Gasteiger partial charge on any atom is -0.406 e. The third-order valence-corrected chi connectivity index (χ3v) is 6.31. The lowest BCUT2D eigenvalue weighted by Gasteiger charge is -2.25. The maximum atomic E-state index is 14.7. The molecule has 1 heterocycles. The Labute approximate surface area is 193 Å². The van der Waals surface area contributed by atoms with E-state index >= 15 is 0 Å². The fourth-order valence-corrected chi connectivity index (χ4v) is 4.47. The van der Waals surface area contributed by atoms with Crippen molar-refractivity contribution in [3.05, 3.63) is 53.3 Å². The minimum atomic E-state index is -4.81. The molecule has 0 spiro atoms. The first-order chi connectivity index (χ1) is 15.6. The van der Waals surface area contributed by atoms with E-state index in [2.05, 4.69) is 4.74 Å². The summed E-state index contributed by atoms with van der Waals surface area (Å²) in [6.45, 7) is 1.99. The first-order valence-corrected chi connectivity index (χ1v) is 11.5. The SMILES string of the molecule is CCCCCC(=O)c1cc2c(cc1F)SC[C@H](N)C(=O)N2Cc1ccc(OC(F)(F)F)cc1. The van der Waals surface area contributed by atoms with Gasteiger partial charge in [-0.25, -0.2) is 4.39 Å². The number of carbonyl (C=O) groups excluding carboxylic acids is 2. The highest BCUT2D eigenvalue weighted by atomic mass is 32.2. The van der Waals surface area contributed by atoms with Crippen LogP contribution in [0.3, 0.4) is 0 Å². The van der Waals surface area contributed by atoms with Crippen molar-refractivity contribution in [1.29, 1.82) is 0 Å². The molecule has 0 radical (unpaired) electrons. The fraction of sp³-hybridized carbons (Fsp3) is 0.391. The smallest absolute Gasteiger partial charge is 0.406 e. The number of anilines is 1. The predicted molar refractivity (Wildman–Crippen MR) is 118 cm³/mol. The number of ether oxygens (including phenoxy) is 1. The number of amides is 1. The van der Waals surface area contributed by atoms with Gasteiger partial charge in [-0.05, 0) is 36.2 Å². The van der Waals surface area contributed by atoms with E-state index < -0.39 is 24.1 Å². The Balaban J connectivity index is 1.92. The van der Waals surface area contributed by atoms with Gasteiger partial charge in [-0.3, -0.25) is 9.59 Å². The average Bonchev–Trinajstić information content (AvgIpc) is 2.85. The average molecular weight is 485 g/mol. The second-order valence-corrected chi connectivity index (χ2v) is 8.78. The summed E-state index contributed by atoms with van der Waals surface area (Å²) in [7, 11) is 0. The zero-order chi connectivity index (χ0) is 24.2. The number of fused-ring (bicyclic) bond motifs is 1. The van der Waals surface area contributed by atoms with Crippen LogP contribution in [-0.2, 0) is 11.3 Å². The van der Waals surface area contributed by atoms with Crippen LogP contribution in [0.4, 0.5) is 23.2 Å². The molecule has 0 bridgehead atoms. The molecular formula is C23H24F4N2O3S. The third kappa shape index (κ3) is 6.48. The summed E-state index contributed by atoms with van der Waals surface area (Å²) in [4.78, 5) is 27.4. The topological polar surface area (TPSA) is 72.6 Å². The van der Waals surface area contributed by atoms with E-state index in [-0.39, 0.29) is 35.8 Å². The maximum absolute atomic E-state index is 14.7. The molecule has 1 aliphatic heterocycles. The Kier molecular flexibility index (Phi) is 8.01. The van der Waals surface area contributed by atoms with Gasteiger partial charge in [0.1, 0.15) is 11.6 Å². The molecule has 1 aliphatic rings. The van der Waals surface area contributed by atoms with Gasteiger partial charge in [0.15, 0.2) is 5.78 Å². The molecule has 2 aromatic rings. The molecule has 0 fully saturated rings. The van der Waals surface area contributed by atoms with Gasteiger partial charge in [0, 0.05) is 17.1 Å². The maximum Gasteiger partial charge on any atom is 0.573 e. The number of hydrogen-bond donors (Lipinski definition) is 1. The van der Waals surface area contributed by atoms with Gasteiger partial charge in [0.05, 0.1) is 23.8 Å². The van der Waals surface area contributed by atoms with Crippen molar-refractivity contribution < 1.29 is 31.9 Å². The second-order valence-electron chi connectivity index (χ2n) is 7.71. The van der Waals surface area contributed by atoms with Gasteiger partial charge in [0.25, 0.3) is 0 Å².